The third-order valence-electron chi connectivity index (χ3n) is 13.1. The van der Waals surface area contributed by atoms with Crippen LogP contribution in [0.1, 0.15) is 81.7 Å². The first kappa shape index (κ1) is 41.9. The number of fused-ring (bicyclic) bond motifs is 5. The SMILES string of the molecule is COC(=O)NC(C(=O)N1CCC[C@H]1c1ncc(-c2ccc3c(c2)COc2c-3ccc3cc(-c4cnc([C@@H]5CCCN5C(=O)[C@@H](NC(=O)OC)C(C)C)[nH]4)ccc23)[nH]1)C1CCOCC1. The molecule has 4 aliphatic rings. The molecule has 0 saturated carbocycles. The molecule has 4 amide bonds. The van der Waals surface area contributed by atoms with Gasteiger partial charge in [0.05, 0.1) is 50.1 Å². The molecule has 2 aromatic heterocycles. The van der Waals surface area contributed by atoms with Crippen LogP contribution in [0.15, 0.2) is 60.9 Å². The number of nitrogens with zero attached hydrogens (tertiary/aromatic N) is 4. The van der Waals surface area contributed by atoms with Gasteiger partial charge in [0.2, 0.25) is 11.8 Å². The van der Waals surface area contributed by atoms with Crippen molar-refractivity contribution in [2.45, 2.75) is 83.1 Å². The van der Waals surface area contributed by atoms with Gasteiger partial charge in [-0.05, 0) is 90.6 Å². The van der Waals surface area contributed by atoms with Gasteiger partial charge in [0.15, 0.2) is 0 Å². The number of imidazole rings is 2. The lowest BCUT2D eigenvalue weighted by Gasteiger charge is -2.34. The second kappa shape index (κ2) is 17.8. The van der Waals surface area contributed by atoms with Crippen LogP contribution in [0, 0.1) is 11.8 Å². The molecule has 0 bridgehead atoms. The molecule has 9 rings (SSSR count). The molecule has 4 N–H and O–H groups in total. The Hall–Kier alpha value is -6.42. The topological polar surface area (TPSA) is 193 Å². The fourth-order valence-electron chi connectivity index (χ4n) is 9.74. The molecule has 3 saturated heterocycles. The number of alkyl carbamates (subject to hydrolysis) is 2. The maximum atomic E-state index is 14.1. The Kier molecular flexibility index (Phi) is 11.8. The molecule has 3 aromatic carbocycles. The van der Waals surface area contributed by atoms with Crippen LogP contribution in [0.25, 0.3) is 44.4 Å². The third kappa shape index (κ3) is 8.19. The number of benzene rings is 3. The van der Waals surface area contributed by atoms with E-state index in [2.05, 4.69) is 69.1 Å². The average molecular weight is 859 g/mol. The van der Waals surface area contributed by atoms with Crippen molar-refractivity contribution in [3.63, 3.8) is 0 Å². The number of likely N-dealkylation sites (tertiary alicyclic amines) is 2. The first-order valence-corrected chi connectivity index (χ1v) is 21.9. The summed E-state index contributed by atoms with van der Waals surface area (Å²) in [7, 11) is 2.60. The van der Waals surface area contributed by atoms with E-state index in [-0.39, 0.29) is 35.7 Å². The number of aromatic amines is 2. The average Bonchev–Trinajstić information content (AvgIpc) is 4.16. The van der Waals surface area contributed by atoms with Crippen molar-refractivity contribution in [3.05, 3.63) is 78.1 Å². The summed E-state index contributed by atoms with van der Waals surface area (Å²) in [6, 6.07) is 15.0. The highest BCUT2D eigenvalue weighted by molar-refractivity contribution is 5.98. The number of nitrogens with one attached hydrogen (secondary N) is 4. The van der Waals surface area contributed by atoms with Crippen LogP contribution in [0.3, 0.4) is 0 Å². The Morgan fingerprint density at radius 3 is 2.00 bits per heavy atom. The van der Waals surface area contributed by atoms with E-state index in [0.717, 1.165) is 87.2 Å². The second-order valence-electron chi connectivity index (χ2n) is 17.2. The van der Waals surface area contributed by atoms with Crippen LogP contribution in [-0.2, 0) is 30.4 Å². The van der Waals surface area contributed by atoms with Crippen molar-refractivity contribution < 1.29 is 38.1 Å². The van der Waals surface area contributed by atoms with E-state index >= 15 is 0 Å². The third-order valence-corrected chi connectivity index (χ3v) is 13.1. The number of rotatable bonds is 10. The van der Waals surface area contributed by atoms with Gasteiger partial charge < -0.3 is 49.3 Å². The molecule has 330 valence electrons. The summed E-state index contributed by atoms with van der Waals surface area (Å²) in [4.78, 5) is 72.2. The Morgan fingerprint density at radius 1 is 0.746 bits per heavy atom. The van der Waals surface area contributed by atoms with Gasteiger partial charge in [-0.1, -0.05) is 44.2 Å². The van der Waals surface area contributed by atoms with Crippen molar-refractivity contribution in [2.75, 3.05) is 40.5 Å². The van der Waals surface area contributed by atoms with Crippen LogP contribution in [-0.4, -0.2) is 106 Å². The first-order chi connectivity index (χ1) is 30.6. The van der Waals surface area contributed by atoms with E-state index in [4.69, 9.17) is 28.9 Å². The van der Waals surface area contributed by atoms with Crippen molar-refractivity contribution in [1.82, 2.24) is 40.4 Å². The lowest BCUT2D eigenvalue weighted by molar-refractivity contribution is -0.137. The summed E-state index contributed by atoms with van der Waals surface area (Å²) in [5.74, 6) is 1.85. The molecule has 0 aliphatic carbocycles. The monoisotopic (exact) mass is 858 g/mol. The summed E-state index contributed by atoms with van der Waals surface area (Å²) in [5.41, 5.74) is 6.81. The van der Waals surface area contributed by atoms with Crippen molar-refractivity contribution in [3.8, 4) is 39.4 Å². The minimum absolute atomic E-state index is 0.0360. The van der Waals surface area contributed by atoms with Gasteiger partial charge in [0.1, 0.15) is 36.1 Å². The fraction of sp³-hybridized carbons (Fsp3) is 0.447. The van der Waals surface area contributed by atoms with Crippen LogP contribution in [0.5, 0.6) is 5.75 Å². The van der Waals surface area contributed by atoms with Crippen LogP contribution in [0.4, 0.5) is 9.59 Å². The fourth-order valence-corrected chi connectivity index (χ4v) is 9.74. The van der Waals surface area contributed by atoms with E-state index in [1.54, 1.807) is 0 Å². The molecule has 0 spiro atoms. The second-order valence-corrected chi connectivity index (χ2v) is 17.2. The maximum Gasteiger partial charge on any atom is 0.407 e. The van der Waals surface area contributed by atoms with E-state index in [9.17, 15) is 19.2 Å². The van der Waals surface area contributed by atoms with Gasteiger partial charge in [0.25, 0.3) is 0 Å². The summed E-state index contributed by atoms with van der Waals surface area (Å²) in [6.45, 7) is 6.48. The highest BCUT2D eigenvalue weighted by atomic mass is 16.5. The van der Waals surface area contributed by atoms with E-state index in [0.29, 0.717) is 51.6 Å². The van der Waals surface area contributed by atoms with Gasteiger partial charge in [-0.2, -0.15) is 0 Å². The quantitative estimate of drug-likeness (QED) is 0.113. The molecular weight excluding hydrogens is 805 g/mol. The van der Waals surface area contributed by atoms with Gasteiger partial charge in [-0.25, -0.2) is 19.6 Å². The van der Waals surface area contributed by atoms with Crippen molar-refractivity contribution >= 4 is 34.8 Å². The molecule has 6 heterocycles. The lowest BCUT2D eigenvalue weighted by Crippen LogP contribution is -2.53. The normalized spacial score (nSPS) is 19.6. The number of amides is 4. The summed E-state index contributed by atoms with van der Waals surface area (Å²) < 4.78 is 21.7. The Bertz CT molecular complexity index is 2530. The number of methoxy groups -OCH3 is 2. The summed E-state index contributed by atoms with van der Waals surface area (Å²) in [6.07, 6.45) is 6.98. The van der Waals surface area contributed by atoms with Gasteiger partial charge in [0, 0.05) is 42.8 Å². The van der Waals surface area contributed by atoms with E-state index < -0.39 is 24.3 Å². The number of carbonyl (C=O) groups is 4. The molecule has 3 fully saturated rings. The Morgan fingerprint density at radius 2 is 1.35 bits per heavy atom. The minimum Gasteiger partial charge on any atom is -0.488 e. The molecule has 63 heavy (non-hydrogen) atoms. The number of ether oxygens (including phenoxy) is 4. The maximum absolute atomic E-state index is 14.1. The molecular formula is C47H54N8O8. The molecule has 5 aromatic rings. The summed E-state index contributed by atoms with van der Waals surface area (Å²) >= 11 is 0. The highest BCUT2D eigenvalue weighted by Gasteiger charge is 2.41. The summed E-state index contributed by atoms with van der Waals surface area (Å²) in [5, 5.41) is 7.56. The van der Waals surface area contributed by atoms with Crippen molar-refractivity contribution in [1.29, 1.82) is 0 Å². The zero-order chi connectivity index (χ0) is 43.8. The van der Waals surface area contributed by atoms with Gasteiger partial charge in [-0.15, -0.1) is 0 Å². The molecule has 16 nitrogen and oxygen atoms in total. The Labute approximate surface area is 365 Å². The highest BCUT2D eigenvalue weighted by Crippen LogP contribution is 2.44. The number of aromatic nitrogens is 4. The minimum atomic E-state index is -0.700. The van der Waals surface area contributed by atoms with Gasteiger partial charge >= 0.3 is 12.2 Å². The molecule has 16 heteroatoms. The predicted molar refractivity (Wildman–Crippen MR) is 233 cm³/mol. The number of hydrogen-bond acceptors (Lipinski definition) is 10. The number of carbonyl (C=O) groups excluding carboxylic acids is 4. The largest absolute Gasteiger partial charge is 0.488 e. The van der Waals surface area contributed by atoms with Crippen LogP contribution < -0.4 is 15.4 Å². The van der Waals surface area contributed by atoms with Crippen molar-refractivity contribution in [2.24, 2.45) is 11.8 Å². The molecule has 4 aliphatic heterocycles. The van der Waals surface area contributed by atoms with E-state index in [1.807, 2.05) is 36.0 Å². The molecule has 1 unspecified atom stereocenters. The molecule has 0 radical (unpaired) electrons. The molecule has 4 atom stereocenters. The van der Waals surface area contributed by atoms with Crippen LogP contribution >= 0.6 is 0 Å². The zero-order valence-electron chi connectivity index (χ0n) is 36.1. The zero-order valence-corrected chi connectivity index (χ0v) is 36.1. The number of hydrogen-bond donors (Lipinski definition) is 4. The standard InChI is InChI=1S/C47H54N8O8/c1-26(2)39(52-46(58)60-3)44(56)54-17-5-7-37(54)42-48-23-35(50-42)29-11-13-33-28(21-29)9-14-34-32-12-10-30(22-31(32)25-63-41(33)34)36-24-49-43(51-36)38-8-6-18-55(38)45(57)40(53-47(59)61-4)27-15-19-62-20-16-27/h9-14,21-24,26-27,37-40H,5-8,15-20,25H2,1-4H3,(H,48,50)(H,49,51)(H,52,58)(H,53,59)/t37-,38-,39-,40?/m0/s1. The smallest absolute Gasteiger partial charge is 0.407 e. The van der Waals surface area contributed by atoms with Crippen LogP contribution in [0.2, 0.25) is 0 Å². The first-order valence-electron chi connectivity index (χ1n) is 21.9. The van der Waals surface area contributed by atoms with Gasteiger partial charge in [-0.3, -0.25) is 9.59 Å². The number of H-pyrrole nitrogens is 2. The predicted octanol–water partition coefficient (Wildman–Crippen LogP) is 7.04. The Balaban J connectivity index is 0.906. The lowest BCUT2D eigenvalue weighted by atomic mass is 9.90. The van der Waals surface area contributed by atoms with E-state index in [1.165, 1.54) is 14.2 Å².